The highest BCUT2D eigenvalue weighted by molar-refractivity contribution is 7.92. The molecule has 0 aliphatic carbocycles. The summed E-state index contributed by atoms with van der Waals surface area (Å²) in [4.78, 5) is 25.6. The SMILES string of the molecule is COc1cccc(N([C@H](C)C(=O)Nc2ccccc2C(=O)NC(C)(C)C)S(C)(=O)=O)c1. The third-order valence-electron chi connectivity index (χ3n) is 4.31. The van der Waals surface area contributed by atoms with Crippen molar-refractivity contribution in [2.75, 3.05) is 23.0 Å². The van der Waals surface area contributed by atoms with Gasteiger partial charge in [0.05, 0.1) is 30.3 Å². The smallest absolute Gasteiger partial charge is 0.253 e. The zero-order chi connectivity index (χ0) is 23.4. The number of para-hydroxylation sites is 1. The van der Waals surface area contributed by atoms with E-state index in [0.717, 1.165) is 10.6 Å². The van der Waals surface area contributed by atoms with Gasteiger partial charge < -0.3 is 15.4 Å². The fourth-order valence-corrected chi connectivity index (χ4v) is 4.16. The van der Waals surface area contributed by atoms with Crippen molar-refractivity contribution in [3.05, 3.63) is 54.1 Å². The molecule has 0 unspecified atom stereocenters. The molecule has 168 valence electrons. The molecule has 8 nitrogen and oxygen atoms in total. The molecule has 2 amide bonds. The van der Waals surface area contributed by atoms with E-state index >= 15 is 0 Å². The molecular weight excluding hydrogens is 418 g/mol. The van der Waals surface area contributed by atoms with Gasteiger partial charge in [-0.15, -0.1) is 0 Å². The Morgan fingerprint density at radius 3 is 2.29 bits per heavy atom. The molecule has 0 bridgehead atoms. The molecule has 0 fully saturated rings. The van der Waals surface area contributed by atoms with Gasteiger partial charge in [0.2, 0.25) is 15.9 Å². The maximum atomic E-state index is 13.0. The van der Waals surface area contributed by atoms with Gasteiger partial charge in [-0.1, -0.05) is 18.2 Å². The Morgan fingerprint density at radius 2 is 1.71 bits per heavy atom. The molecule has 0 saturated carbocycles. The lowest BCUT2D eigenvalue weighted by molar-refractivity contribution is -0.116. The molecule has 9 heteroatoms. The third kappa shape index (κ3) is 6.45. The summed E-state index contributed by atoms with van der Waals surface area (Å²) in [6.45, 7) is 7.04. The Balaban J connectivity index is 2.35. The summed E-state index contributed by atoms with van der Waals surface area (Å²) in [7, 11) is -2.32. The second-order valence-electron chi connectivity index (χ2n) is 8.18. The van der Waals surface area contributed by atoms with Gasteiger partial charge in [-0.05, 0) is 52.0 Å². The molecule has 1 atom stereocenters. The van der Waals surface area contributed by atoms with Crippen LogP contribution in [-0.4, -0.2) is 45.2 Å². The monoisotopic (exact) mass is 447 g/mol. The largest absolute Gasteiger partial charge is 0.497 e. The van der Waals surface area contributed by atoms with Crippen molar-refractivity contribution in [3.8, 4) is 5.75 Å². The van der Waals surface area contributed by atoms with E-state index in [2.05, 4.69) is 10.6 Å². The van der Waals surface area contributed by atoms with Crippen LogP contribution in [0, 0.1) is 0 Å². The van der Waals surface area contributed by atoms with Crippen LogP contribution in [0.5, 0.6) is 5.75 Å². The maximum absolute atomic E-state index is 13.0. The highest BCUT2D eigenvalue weighted by Gasteiger charge is 2.30. The highest BCUT2D eigenvalue weighted by Crippen LogP contribution is 2.26. The molecule has 0 heterocycles. The second-order valence-corrected chi connectivity index (χ2v) is 10.0. The van der Waals surface area contributed by atoms with Crippen LogP contribution in [0.25, 0.3) is 0 Å². The maximum Gasteiger partial charge on any atom is 0.253 e. The topological polar surface area (TPSA) is 105 Å². The highest BCUT2D eigenvalue weighted by atomic mass is 32.2. The van der Waals surface area contributed by atoms with Crippen LogP contribution in [-0.2, 0) is 14.8 Å². The van der Waals surface area contributed by atoms with Crippen molar-refractivity contribution in [2.45, 2.75) is 39.3 Å². The van der Waals surface area contributed by atoms with E-state index in [-0.39, 0.29) is 11.5 Å². The van der Waals surface area contributed by atoms with Crippen LogP contribution < -0.4 is 19.7 Å². The summed E-state index contributed by atoms with van der Waals surface area (Å²) >= 11 is 0. The molecule has 2 N–H and O–H groups in total. The molecule has 0 aromatic heterocycles. The van der Waals surface area contributed by atoms with Crippen LogP contribution in [0.3, 0.4) is 0 Å². The van der Waals surface area contributed by atoms with Crippen LogP contribution in [0.2, 0.25) is 0 Å². The fourth-order valence-electron chi connectivity index (χ4n) is 2.99. The van der Waals surface area contributed by atoms with Gasteiger partial charge in [0.1, 0.15) is 11.8 Å². The molecule has 0 aliphatic rings. The lowest BCUT2D eigenvalue weighted by Gasteiger charge is -2.28. The van der Waals surface area contributed by atoms with Gasteiger partial charge in [-0.3, -0.25) is 13.9 Å². The number of nitrogens with one attached hydrogen (secondary N) is 2. The number of sulfonamides is 1. The van der Waals surface area contributed by atoms with E-state index < -0.39 is 27.5 Å². The van der Waals surface area contributed by atoms with Crippen LogP contribution in [0.1, 0.15) is 38.1 Å². The molecule has 0 saturated heterocycles. The number of carbonyl (C=O) groups is 2. The summed E-state index contributed by atoms with van der Waals surface area (Å²) in [6.07, 6.45) is 1.03. The number of hydrogen-bond donors (Lipinski definition) is 2. The minimum atomic E-state index is -3.79. The minimum Gasteiger partial charge on any atom is -0.497 e. The predicted molar refractivity (Wildman–Crippen MR) is 122 cm³/mol. The van der Waals surface area contributed by atoms with Crippen LogP contribution in [0.15, 0.2) is 48.5 Å². The number of ether oxygens (including phenoxy) is 1. The van der Waals surface area contributed by atoms with Crippen molar-refractivity contribution in [1.82, 2.24) is 5.32 Å². The molecular formula is C22H29N3O5S. The molecule has 31 heavy (non-hydrogen) atoms. The Morgan fingerprint density at radius 1 is 1.06 bits per heavy atom. The van der Waals surface area contributed by atoms with Crippen LogP contribution >= 0.6 is 0 Å². The van der Waals surface area contributed by atoms with Crippen molar-refractivity contribution in [3.63, 3.8) is 0 Å². The molecule has 2 aromatic carbocycles. The summed E-state index contributed by atoms with van der Waals surface area (Å²) in [6, 6.07) is 11.9. The molecule has 0 radical (unpaired) electrons. The number of rotatable bonds is 7. The average molecular weight is 448 g/mol. The Bertz CT molecular complexity index is 1060. The van der Waals surface area contributed by atoms with E-state index in [1.165, 1.54) is 20.1 Å². The number of hydrogen-bond acceptors (Lipinski definition) is 5. The third-order valence-corrected chi connectivity index (χ3v) is 5.56. The standard InChI is InChI=1S/C22H29N3O5S/c1-15(25(31(6,28)29)16-10-9-11-17(14-16)30-5)20(26)23-19-13-8-7-12-18(19)21(27)24-22(2,3)4/h7-15H,1-6H3,(H,23,26)(H,24,27)/t15-/m1/s1. The zero-order valence-corrected chi connectivity index (χ0v) is 19.4. The Kier molecular flexibility index (Phi) is 7.32. The van der Waals surface area contributed by atoms with Gasteiger partial charge >= 0.3 is 0 Å². The molecule has 2 rings (SSSR count). The van der Waals surface area contributed by atoms with Crippen LogP contribution in [0.4, 0.5) is 11.4 Å². The number of anilines is 2. The quantitative estimate of drug-likeness (QED) is 0.679. The van der Waals surface area contributed by atoms with Gasteiger partial charge in [-0.25, -0.2) is 8.42 Å². The predicted octanol–water partition coefficient (Wildman–Crippen LogP) is 3.02. The van der Waals surface area contributed by atoms with Gasteiger partial charge in [0, 0.05) is 11.6 Å². The summed E-state index contributed by atoms with van der Waals surface area (Å²) in [5, 5.41) is 5.54. The number of benzene rings is 2. The van der Waals surface area contributed by atoms with Gasteiger partial charge in [-0.2, -0.15) is 0 Å². The van der Waals surface area contributed by atoms with Gasteiger partial charge in [0.15, 0.2) is 0 Å². The summed E-state index contributed by atoms with van der Waals surface area (Å²) in [5.41, 5.74) is 0.412. The number of nitrogens with zero attached hydrogens (tertiary/aromatic N) is 1. The minimum absolute atomic E-state index is 0.283. The Labute approximate surface area is 183 Å². The van der Waals surface area contributed by atoms with Crippen molar-refractivity contribution < 1.29 is 22.7 Å². The second kappa shape index (κ2) is 9.38. The lowest BCUT2D eigenvalue weighted by Crippen LogP contribution is -2.45. The first-order chi connectivity index (χ1) is 14.3. The van der Waals surface area contributed by atoms with Crippen molar-refractivity contribution >= 4 is 33.2 Å². The number of carbonyl (C=O) groups excluding carboxylic acids is 2. The summed E-state index contributed by atoms with van der Waals surface area (Å²) in [5.74, 6) is -0.462. The first kappa shape index (κ1) is 24.2. The van der Waals surface area contributed by atoms with E-state index in [1.54, 1.807) is 42.5 Å². The van der Waals surface area contributed by atoms with E-state index in [9.17, 15) is 18.0 Å². The van der Waals surface area contributed by atoms with E-state index in [1.807, 2.05) is 20.8 Å². The fraction of sp³-hybridized carbons (Fsp3) is 0.364. The first-order valence-corrected chi connectivity index (χ1v) is 11.5. The van der Waals surface area contributed by atoms with E-state index in [0.29, 0.717) is 17.1 Å². The number of amides is 2. The van der Waals surface area contributed by atoms with Crippen molar-refractivity contribution in [2.24, 2.45) is 0 Å². The first-order valence-electron chi connectivity index (χ1n) is 9.69. The molecule has 0 spiro atoms. The lowest BCUT2D eigenvalue weighted by atomic mass is 10.1. The molecule has 0 aliphatic heterocycles. The normalized spacial score (nSPS) is 12.6. The average Bonchev–Trinajstić information content (AvgIpc) is 2.66. The molecule has 2 aromatic rings. The number of methoxy groups -OCH3 is 1. The Hall–Kier alpha value is -3.07. The van der Waals surface area contributed by atoms with Gasteiger partial charge in [0.25, 0.3) is 5.91 Å². The van der Waals surface area contributed by atoms with E-state index in [4.69, 9.17) is 4.74 Å². The zero-order valence-electron chi connectivity index (χ0n) is 18.6. The van der Waals surface area contributed by atoms with Crippen molar-refractivity contribution in [1.29, 1.82) is 0 Å². The summed E-state index contributed by atoms with van der Waals surface area (Å²) < 4.78 is 31.2.